The molecule has 0 saturated carbocycles. The molecule has 0 saturated heterocycles. The van der Waals surface area contributed by atoms with Crippen LogP contribution in [0.2, 0.25) is 5.02 Å². The standard InChI is InChI=1S/C27H16ClN3S/c28-22-13-7-12-21-20-15-14-19(16-23(20)32-24(21)22)27-30-25(17-8-3-1-4-9-17)29-26(31-27)18-10-5-2-6-11-18/h1-16H/i7D,12D,13D,14D,15D,16D. The second kappa shape index (κ2) is 7.83. The van der Waals surface area contributed by atoms with Gasteiger partial charge in [-0.2, -0.15) is 0 Å². The van der Waals surface area contributed by atoms with E-state index >= 15 is 0 Å². The van der Waals surface area contributed by atoms with Gasteiger partial charge in [0.15, 0.2) is 17.5 Å². The van der Waals surface area contributed by atoms with Crippen molar-refractivity contribution in [3.8, 4) is 34.2 Å². The number of rotatable bonds is 3. The summed E-state index contributed by atoms with van der Waals surface area (Å²) in [6, 6.07) is 17.2. The minimum absolute atomic E-state index is 0.00744. The summed E-state index contributed by atoms with van der Waals surface area (Å²) in [6.07, 6.45) is 0. The molecular weight excluding hydrogens is 434 g/mol. The zero-order valence-corrected chi connectivity index (χ0v) is 18.0. The molecule has 6 aromatic rings. The van der Waals surface area contributed by atoms with Crippen molar-refractivity contribution in [2.75, 3.05) is 0 Å². The van der Waals surface area contributed by atoms with Crippen LogP contribution in [-0.4, -0.2) is 15.0 Å². The summed E-state index contributed by atoms with van der Waals surface area (Å²) in [5.74, 6) is 0.816. The fourth-order valence-corrected chi connectivity index (χ4v) is 4.69. The number of hydrogen-bond acceptors (Lipinski definition) is 4. The largest absolute Gasteiger partial charge is 0.208 e. The summed E-state index contributed by atoms with van der Waals surface area (Å²) in [7, 11) is 0. The molecule has 0 aliphatic carbocycles. The fraction of sp³-hybridized carbons (Fsp3) is 0. The lowest BCUT2D eigenvalue weighted by atomic mass is 10.1. The quantitative estimate of drug-likeness (QED) is 0.272. The molecule has 0 spiro atoms. The predicted octanol–water partition coefficient (Wildman–Crippen LogP) is 7.89. The van der Waals surface area contributed by atoms with Gasteiger partial charge in [0.1, 0.15) is 0 Å². The van der Waals surface area contributed by atoms with Crippen molar-refractivity contribution < 1.29 is 8.22 Å². The van der Waals surface area contributed by atoms with Gasteiger partial charge < -0.3 is 0 Å². The maximum Gasteiger partial charge on any atom is 0.164 e. The summed E-state index contributed by atoms with van der Waals surface area (Å²) < 4.78 is 52.0. The number of thiophene rings is 1. The molecule has 2 heterocycles. The molecule has 4 aromatic carbocycles. The Labute approximate surface area is 202 Å². The lowest BCUT2D eigenvalue weighted by molar-refractivity contribution is 1.07. The highest BCUT2D eigenvalue weighted by Crippen LogP contribution is 2.39. The van der Waals surface area contributed by atoms with Crippen molar-refractivity contribution in [2.45, 2.75) is 0 Å². The predicted molar refractivity (Wildman–Crippen MR) is 134 cm³/mol. The molecule has 0 aliphatic rings. The Balaban J connectivity index is 1.70. The van der Waals surface area contributed by atoms with Gasteiger partial charge in [0, 0.05) is 32.2 Å². The first kappa shape index (κ1) is 13.7. The molecule has 6 rings (SSSR count). The molecule has 0 atom stereocenters. The summed E-state index contributed by atoms with van der Waals surface area (Å²) >= 11 is 7.44. The van der Waals surface area contributed by atoms with E-state index in [9.17, 15) is 0 Å². The van der Waals surface area contributed by atoms with Gasteiger partial charge in [-0.3, -0.25) is 0 Å². The van der Waals surface area contributed by atoms with E-state index in [1.807, 2.05) is 60.7 Å². The normalized spacial score (nSPS) is 13.9. The zero-order chi connectivity index (χ0) is 26.7. The van der Waals surface area contributed by atoms with Crippen molar-refractivity contribution in [3.63, 3.8) is 0 Å². The van der Waals surface area contributed by atoms with Crippen molar-refractivity contribution in [2.24, 2.45) is 0 Å². The van der Waals surface area contributed by atoms with Gasteiger partial charge in [-0.15, -0.1) is 11.3 Å². The highest BCUT2D eigenvalue weighted by atomic mass is 35.5. The maximum atomic E-state index is 9.05. The van der Waals surface area contributed by atoms with Crippen LogP contribution in [0.1, 0.15) is 8.22 Å². The van der Waals surface area contributed by atoms with E-state index in [1.165, 1.54) is 0 Å². The Morgan fingerprint density at radius 2 is 1.25 bits per heavy atom. The molecule has 152 valence electrons. The molecule has 0 amide bonds. The van der Waals surface area contributed by atoms with E-state index in [4.69, 9.17) is 19.8 Å². The third-order valence-corrected chi connectivity index (χ3v) is 6.46. The molecule has 3 nitrogen and oxygen atoms in total. The number of hydrogen-bond donors (Lipinski definition) is 0. The van der Waals surface area contributed by atoms with E-state index in [0.717, 1.165) is 22.5 Å². The van der Waals surface area contributed by atoms with Gasteiger partial charge in [-0.1, -0.05) is 96.4 Å². The molecule has 0 bridgehead atoms. The van der Waals surface area contributed by atoms with E-state index in [2.05, 4.69) is 15.0 Å². The Morgan fingerprint density at radius 1 is 0.656 bits per heavy atom. The number of aromatic nitrogens is 3. The molecule has 0 N–H and O–H groups in total. The fourth-order valence-electron chi connectivity index (χ4n) is 3.42. The Morgan fingerprint density at radius 3 is 1.88 bits per heavy atom. The molecule has 0 aliphatic heterocycles. The minimum atomic E-state index is -0.360. The number of halogens is 1. The van der Waals surface area contributed by atoms with Crippen LogP contribution in [0.25, 0.3) is 54.3 Å². The van der Waals surface area contributed by atoms with Gasteiger partial charge in [-0.05, 0) is 12.1 Å². The van der Waals surface area contributed by atoms with Crippen LogP contribution in [0.3, 0.4) is 0 Å². The van der Waals surface area contributed by atoms with Gasteiger partial charge in [0.2, 0.25) is 0 Å². The lowest BCUT2D eigenvalue weighted by Crippen LogP contribution is -1.99. The molecule has 32 heavy (non-hydrogen) atoms. The maximum absolute atomic E-state index is 9.05. The van der Waals surface area contributed by atoms with E-state index in [0.29, 0.717) is 21.0 Å². The highest BCUT2D eigenvalue weighted by Gasteiger charge is 2.14. The van der Waals surface area contributed by atoms with Crippen LogP contribution < -0.4 is 0 Å². The van der Waals surface area contributed by atoms with Crippen molar-refractivity contribution in [1.29, 1.82) is 0 Å². The van der Waals surface area contributed by atoms with E-state index in [1.54, 1.807) is 0 Å². The SMILES string of the molecule is [2H]c1c([2H])c([2H])c2c(sc3c([2H])c(-c4nc(-c5ccccc5)nc(-c5ccccc5)n4)c([2H])c([2H])c32)c1Cl. The van der Waals surface area contributed by atoms with Gasteiger partial charge >= 0.3 is 0 Å². The second-order valence-corrected chi connectivity index (χ2v) is 8.39. The van der Waals surface area contributed by atoms with Crippen LogP contribution in [0.4, 0.5) is 0 Å². The summed E-state index contributed by atoms with van der Waals surface area (Å²) in [6.45, 7) is 0. The topological polar surface area (TPSA) is 38.7 Å². The van der Waals surface area contributed by atoms with Crippen LogP contribution in [0.5, 0.6) is 0 Å². The Kier molecular flexibility index (Phi) is 3.36. The third kappa shape index (κ3) is 3.34. The minimum Gasteiger partial charge on any atom is -0.208 e. The first-order valence-electron chi connectivity index (χ1n) is 12.8. The first-order valence-corrected chi connectivity index (χ1v) is 11.0. The average molecular weight is 456 g/mol. The van der Waals surface area contributed by atoms with Crippen molar-refractivity contribution >= 4 is 43.1 Å². The zero-order valence-electron chi connectivity index (χ0n) is 22.4. The molecule has 0 fully saturated rings. The van der Waals surface area contributed by atoms with Crippen molar-refractivity contribution in [3.05, 3.63) is 102 Å². The van der Waals surface area contributed by atoms with Gasteiger partial charge in [-0.25, -0.2) is 15.0 Å². The second-order valence-electron chi connectivity index (χ2n) is 6.99. The Hall–Kier alpha value is -3.60. The van der Waals surface area contributed by atoms with Crippen LogP contribution >= 0.6 is 22.9 Å². The van der Waals surface area contributed by atoms with Crippen LogP contribution in [-0.2, 0) is 0 Å². The summed E-state index contributed by atoms with van der Waals surface area (Å²) in [5.41, 5.74) is 1.53. The van der Waals surface area contributed by atoms with Gasteiger partial charge in [0.25, 0.3) is 0 Å². The third-order valence-electron chi connectivity index (χ3n) is 4.94. The Bertz CT molecular complexity index is 1840. The highest BCUT2D eigenvalue weighted by molar-refractivity contribution is 7.26. The van der Waals surface area contributed by atoms with Crippen molar-refractivity contribution in [1.82, 2.24) is 15.0 Å². The van der Waals surface area contributed by atoms with Crippen LogP contribution in [0, 0.1) is 0 Å². The summed E-state index contributed by atoms with van der Waals surface area (Å²) in [4.78, 5) is 13.9. The monoisotopic (exact) mass is 455 g/mol. The molecule has 0 unspecified atom stereocenters. The molecular formula is C27H16ClN3S. The number of nitrogens with zero attached hydrogens (tertiary/aromatic N) is 3. The lowest BCUT2D eigenvalue weighted by Gasteiger charge is -2.08. The number of fused-ring (bicyclic) bond motifs is 3. The average Bonchev–Trinajstić information content (AvgIpc) is 3.36. The van der Waals surface area contributed by atoms with E-state index in [-0.39, 0.29) is 63.4 Å². The number of benzene rings is 4. The molecule has 0 radical (unpaired) electrons. The van der Waals surface area contributed by atoms with E-state index < -0.39 is 0 Å². The molecule has 2 aromatic heterocycles. The molecule has 5 heteroatoms. The van der Waals surface area contributed by atoms with Crippen LogP contribution in [0.15, 0.2) is 96.9 Å². The first-order chi connectivity index (χ1) is 18.3. The van der Waals surface area contributed by atoms with Gasteiger partial charge in [0.05, 0.1) is 17.9 Å². The summed E-state index contributed by atoms with van der Waals surface area (Å²) in [5, 5.41) is 0.400. The smallest absolute Gasteiger partial charge is 0.164 e.